The minimum atomic E-state index is 0.161. The predicted molar refractivity (Wildman–Crippen MR) is 66.8 cm³/mol. The first kappa shape index (κ1) is 11.8. The van der Waals surface area contributed by atoms with Crippen molar-refractivity contribution >= 4 is 11.9 Å². The van der Waals surface area contributed by atoms with Gasteiger partial charge < -0.3 is 15.4 Å². The Morgan fingerprint density at radius 1 is 1.32 bits per heavy atom. The molecule has 0 bridgehead atoms. The van der Waals surface area contributed by atoms with Gasteiger partial charge in [-0.25, -0.2) is 4.98 Å². The lowest BCUT2D eigenvalue weighted by Crippen LogP contribution is -2.44. The summed E-state index contributed by atoms with van der Waals surface area (Å²) in [5.74, 6) is 1.06. The van der Waals surface area contributed by atoms with Crippen LogP contribution in [0.4, 0.5) is 11.9 Å². The van der Waals surface area contributed by atoms with Gasteiger partial charge in [0.25, 0.3) is 5.95 Å². The maximum absolute atomic E-state index is 5.74. The minimum Gasteiger partial charge on any atom is -0.377 e. The summed E-state index contributed by atoms with van der Waals surface area (Å²) in [4.78, 5) is 18.5. The standard InChI is InChI=1S/C10H14N8O/c1-7-4-19-3-2-17(7)9-14-8(11)15-10(16-9)18-6-12-5-13-18/h5-7H,2-4H2,1H3,(H2,11,14,15,16). The van der Waals surface area contributed by atoms with Crippen LogP contribution >= 0.6 is 0 Å². The highest BCUT2D eigenvalue weighted by Crippen LogP contribution is 2.16. The zero-order valence-electron chi connectivity index (χ0n) is 10.5. The molecular formula is C10H14N8O. The van der Waals surface area contributed by atoms with E-state index in [-0.39, 0.29) is 12.0 Å². The van der Waals surface area contributed by atoms with Crippen molar-refractivity contribution in [3.63, 3.8) is 0 Å². The fourth-order valence-corrected chi connectivity index (χ4v) is 1.94. The molecule has 9 nitrogen and oxygen atoms in total. The summed E-state index contributed by atoms with van der Waals surface area (Å²) in [7, 11) is 0. The van der Waals surface area contributed by atoms with Crippen molar-refractivity contribution in [3.8, 4) is 5.95 Å². The molecule has 0 radical (unpaired) electrons. The van der Waals surface area contributed by atoms with Crippen LogP contribution in [-0.2, 0) is 4.74 Å². The van der Waals surface area contributed by atoms with Crippen LogP contribution in [0.3, 0.4) is 0 Å². The highest BCUT2D eigenvalue weighted by molar-refractivity contribution is 5.39. The largest absolute Gasteiger partial charge is 0.377 e. The van der Waals surface area contributed by atoms with E-state index in [2.05, 4.69) is 25.0 Å². The van der Waals surface area contributed by atoms with Gasteiger partial charge >= 0.3 is 0 Å². The van der Waals surface area contributed by atoms with Gasteiger partial charge in [-0.3, -0.25) is 0 Å². The van der Waals surface area contributed by atoms with Gasteiger partial charge in [0.05, 0.1) is 19.3 Å². The summed E-state index contributed by atoms with van der Waals surface area (Å²) >= 11 is 0. The van der Waals surface area contributed by atoms with Crippen LogP contribution in [0.2, 0.25) is 0 Å². The summed E-state index contributed by atoms with van der Waals surface area (Å²) in [6.07, 6.45) is 2.93. The molecule has 100 valence electrons. The van der Waals surface area contributed by atoms with Crippen molar-refractivity contribution < 1.29 is 4.74 Å². The van der Waals surface area contributed by atoms with E-state index in [0.717, 1.165) is 6.54 Å². The predicted octanol–water partition coefficient (Wildman–Crippen LogP) is -0.740. The topological polar surface area (TPSA) is 108 Å². The molecule has 0 saturated carbocycles. The lowest BCUT2D eigenvalue weighted by atomic mass is 10.3. The van der Waals surface area contributed by atoms with Gasteiger partial charge in [-0.1, -0.05) is 0 Å². The van der Waals surface area contributed by atoms with Gasteiger partial charge in [-0.05, 0) is 6.92 Å². The van der Waals surface area contributed by atoms with E-state index in [1.54, 1.807) is 0 Å². The van der Waals surface area contributed by atoms with Crippen LogP contribution in [-0.4, -0.2) is 55.5 Å². The van der Waals surface area contributed by atoms with Crippen molar-refractivity contribution in [1.29, 1.82) is 0 Å². The Labute approximate surface area is 109 Å². The molecule has 1 atom stereocenters. The molecule has 1 unspecified atom stereocenters. The fourth-order valence-electron chi connectivity index (χ4n) is 1.94. The Bertz CT molecular complexity index is 557. The normalized spacial score (nSPS) is 19.6. The second kappa shape index (κ2) is 4.76. The Balaban J connectivity index is 1.97. The van der Waals surface area contributed by atoms with E-state index >= 15 is 0 Å². The van der Waals surface area contributed by atoms with Crippen molar-refractivity contribution in [2.24, 2.45) is 0 Å². The third-order valence-electron chi connectivity index (χ3n) is 2.88. The van der Waals surface area contributed by atoms with Crippen LogP contribution in [0.1, 0.15) is 6.92 Å². The number of ether oxygens (including phenoxy) is 1. The fraction of sp³-hybridized carbons (Fsp3) is 0.500. The lowest BCUT2D eigenvalue weighted by molar-refractivity contribution is 0.0980. The Kier molecular flexibility index (Phi) is 2.95. The Hall–Kier alpha value is -2.29. The molecule has 2 aromatic rings. The molecule has 0 aromatic carbocycles. The van der Waals surface area contributed by atoms with Crippen LogP contribution < -0.4 is 10.6 Å². The number of anilines is 2. The number of aromatic nitrogens is 6. The SMILES string of the molecule is CC1COCCN1c1nc(N)nc(-n2cncn2)n1. The van der Waals surface area contributed by atoms with Gasteiger partial charge in [0.2, 0.25) is 11.9 Å². The average molecular weight is 262 g/mol. The van der Waals surface area contributed by atoms with Crippen molar-refractivity contribution in [2.75, 3.05) is 30.4 Å². The molecule has 1 fully saturated rings. The second-order valence-corrected chi connectivity index (χ2v) is 4.25. The number of hydrogen-bond acceptors (Lipinski definition) is 8. The molecule has 0 spiro atoms. The summed E-state index contributed by atoms with van der Waals surface area (Å²) < 4.78 is 6.85. The van der Waals surface area contributed by atoms with Crippen molar-refractivity contribution in [2.45, 2.75) is 13.0 Å². The zero-order chi connectivity index (χ0) is 13.2. The molecule has 0 aliphatic carbocycles. The maximum Gasteiger partial charge on any atom is 0.258 e. The smallest absolute Gasteiger partial charge is 0.258 e. The van der Waals surface area contributed by atoms with E-state index in [9.17, 15) is 0 Å². The highest BCUT2D eigenvalue weighted by atomic mass is 16.5. The third kappa shape index (κ3) is 2.32. The quantitative estimate of drug-likeness (QED) is 0.754. The molecule has 2 aromatic heterocycles. The second-order valence-electron chi connectivity index (χ2n) is 4.25. The summed E-state index contributed by atoms with van der Waals surface area (Å²) in [6.45, 7) is 4.06. The molecule has 3 rings (SSSR count). The Morgan fingerprint density at radius 2 is 2.16 bits per heavy atom. The highest BCUT2D eigenvalue weighted by Gasteiger charge is 2.22. The number of hydrogen-bond donors (Lipinski definition) is 1. The molecule has 0 amide bonds. The van der Waals surface area contributed by atoms with Gasteiger partial charge in [0.15, 0.2) is 0 Å². The summed E-state index contributed by atoms with van der Waals surface area (Å²) in [5, 5.41) is 3.99. The van der Waals surface area contributed by atoms with E-state index < -0.39 is 0 Å². The molecule has 1 aliphatic heterocycles. The number of nitrogens with two attached hydrogens (primary N) is 1. The first-order valence-corrected chi connectivity index (χ1v) is 5.95. The average Bonchev–Trinajstić information content (AvgIpc) is 2.92. The van der Waals surface area contributed by atoms with E-state index in [0.29, 0.717) is 25.1 Å². The van der Waals surface area contributed by atoms with Crippen LogP contribution in [0, 0.1) is 0 Å². The van der Waals surface area contributed by atoms with Gasteiger partial charge in [-0.2, -0.15) is 24.7 Å². The van der Waals surface area contributed by atoms with Crippen molar-refractivity contribution in [3.05, 3.63) is 12.7 Å². The van der Waals surface area contributed by atoms with E-state index in [1.165, 1.54) is 17.3 Å². The number of nitrogens with zero attached hydrogens (tertiary/aromatic N) is 7. The molecule has 19 heavy (non-hydrogen) atoms. The van der Waals surface area contributed by atoms with Gasteiger partial charge in [-0.15, -0.1) is 0 Å². The number of rotatable bonds is 2. The molecule has 1 aliphatic rings. The molecule has 9 heteroatoms. The van der Waals surface area contributed by atoms with Crippen LogP contribution in [0.5, 0.6) is 0 Å². The number of morpholine rings is 1. The maximum atomic E-state index is 5.74. The Morgan fingerprint density at radius 3 is 2.89 bits per heavy atom. The van der Waals surface area contributed by atoms with Crippen LogP contribution in [0.25, 0.3) is 5.95 Å². The first-order valence-electron chi connectivity index (χ1n) is 5.95. The van der Waals surface area contributed by atoms with Gasteiger partial charge in [0, 0.05) is 6.54 Å². The lowest BCUT2D eigenvalue weighted by Gasteiger charge is -2.33. The molecule has 1 saturated heterocycles. The monoisotopic (exact) mass is 262 g/mol. The van der Waals surface area contributed by atoms with Gasteiger partial charge in [0.1, 0.15) is 12.7 Å². The van der Waals surface area contributed by atoms with E-state index in [4.69, 9.17) is 10.5 Å². The van der Waals surface area contributed by atoms with Crippen LogP contribution in [0.15, 0.2) is 12.7 Å². The summed E-state index contributed by atoms with van der Waals surface area (Å²) in [6, 6.07) is 0.194. The zero-order valence-corrected chi connectivity index (χ0v) is 10.5. The van der Waals surface area contributed by atoms with E-state index in [1.807, 2.05) is 11.8 Å². The molecular weight excluding hydrogens is 248 g/mol. The first-order chi connectivity index (χ1) is 9.24. The minimum absolute atomic E-state index is 0.161. The third-order valence-corrected chi connectivity index (χ3v) is 2.88. The molecule has 3 heterocycles. The van der Waals surface area contributed by atoms with Crippen molar-refractivity contribution in [1.82, 2.24) is 29.7 Å². The molecule has 2 N–H and O–H groups in total. The summed E-state index contributed by atoms with van der Waals surface area (Å²) in [5.41, 5.74) is 5.74. The number of nitrogen functional groups attached to an aromatic ring is 1.